The van der Waals surface area contributed by atoms with Gasteiger partial charge >= 0.3 is 0 Å². The van der Waals surface area contributed by atoms with E-state index in [4.69, 9.17) is 0 Å². The molecule has 1 atom stereocenters. The van der Waals surface area contributed by atoms with Gasteiger partial charge in [0.05, 0.1) is 6.04 Å². The average Bonchev–Trinajstić information content (AvgIpc) is 3.15. The number of nitrogens with zero attached hydrogens (tertiary/aromatic N) is 3. The SMILES string of the molecule is Cc1ccccc1N1CCN([C@H](C)C(=O)NCCN2CCCC2)CC1. The second-order valence-corrected chi connectivity index (χ2v) is 7.33. The fourth-order valence-electron chi connectivity index (χ4n) is 3.93. The molecule has 0 aromatic heterocycles. The van der Waals surface area contributed by atoms with Crippen molar-refractivity contribution in [3.05, 3.63) is 29.8 Å². The molecule has 25 heavy (non-hydrogen) atoms. The molecule has 3 rings (SSSR count). The summed E-state index contributed by atoms with van der Waals surface area (Å²) in [6.07, 6.45) is 2.60. The third-order valence-electron chi connectivity index (χ3n) is 5.62. The van der Waals surface area contributed by atoms with E-state index in [-0.39, 0.29) is 11.9 Å². The van der Waals surface area contributed by atoms with Crippen LogP contribution in [0.4, 0.5) is 5.69 Å². The second kappa shape index (κ2) is 8.68. The fourth-order valence-corrected chi connectivity index (χ4v) is 3.93. The minimum Gasteiger partial charge on any atom is -0.369 e. The summed E-state index contributed by atoms with van der Waals surface area (Å²) in [7, 11) is 0. The van der Waals surface area contributed by atoms with Gasteiger partial charge in [-0.25, -0.2) is 0 Å². The van der Waals surface area contributed by atoms with Crippen LogP contribution < -0.4 is 10.2 Å². The Balaban J connectivity index is 1.42. The molecule has 1 N–H and O–H groups in total. The summed E-state index contributed by atoms with van der Waals surface area (Å²) in [4.78, 5) is 19.6. The van der Waals surface area contributed by atoms with Crippen molar-refractivity contribution in [2.75, 3.05) is 57.3 Å². The lowest BCUT2D eigenvalue weighted by Gasteiger charge is -2.39. The third kappa shape index (κ3) is 4.73. The maximum Gasteiger partial charge on any atom is 0.237 e. The number of likely N-dealkylation sites (tertiary alicyclic amines) is 1. The Labute approximate surface area is 152 Å². The molecule has 2 aliphatic heterocycles. The maximum atomic E-state index is 12.4. The van der Waals surface area contributed by atoms with Crippen molar-refractivity contribution >= 4 is 11.6 Å². The van der Waals surface area contributed by atoms with Crippen molar-refractivity contribution in [2.45, 2.75) is 32.7 Å². The number of hydrogen-bond donors (Lipinski definition) is 1. The van der Waals surface area contributed by atoms with E-state index in [2.05, 4.69) is 51.2 Å². The van der Waals surface area contributed by atoms with E-state index in [0.29, 0.717) is 0 Å². The Morgan fingerprint density at radius 3 is 2.44 bits per heavy atom. The molecule has 2 heterocycles. The van der Waals surface area contributed by atoms with Crippen molar-refractivity contribution in [3.8, 4) is 0 Å². The van der Waals surface area contributed by atoms with Crippen LogP contribution >= 0.6 is 0 Å². The van der Waals surface area contributed by atoms with Crippen molar-refractivity contribution in [1.82, 2.24) is 15.1 Å². The first-order valence-corrected chi connectivity index (χ1v) is 9.70. The molecule has 1 amide bonds. The maximum absolute atomic E-state index is 12.4. The average molecular weight is 345 g/mol. The normalized spacial score (nSPS) is 20.6. The van der Waals surface area contributed by atoms with Crippen LogP contribution in [0.15, 0.2) is 24.3 Å². The zero-order chi connectivity index (χ0) is 17.6. The smallest absolute Gasteiger partial charge is 0.237 e. The molecular weight excluding hydrogens is 312 g/mol. The number of benzene rings is 1. The zero-order valence-corrected chi connectivity index (χ0v) is 15.7. The minimum absolute atomic E-state index is 0.0439. The van der Waals surface area contributed by atoms with Gasteiger partial charge in [-0.2, -0.15) is 0 Å². The van der Waals surface area contributed by atoms with Gasteiger partial charge in [0.1, 0.15) is 0 Å². The van der Waals surface area contributed by atoms with Crippen molar-refractivity contribution < 1.29 is 4.79 Å². The van der Waals surface area contributed by atoms with Crippen LogP contribution in [0.1, 0.15) is 25.3 Å². The van der Waals surface area contributed by atoms with Gasteiger partial charge in [0.2, 0.25) is 5.91 Å². The molecule has 5 heteroatoms. The van der Waals surface area contributed by atoms with Gasteiger partial charge < -0.3 is 15.1 Å². The fraction of sp³-hybridized carbons (Fsp3) is 0.650. The lowest BCUT2D eigenvalue weighted by atomic mass is 10.1. The quantitative estimate of drug-likeness (QED) is 0.853. The van der Waals surface area contributed by atoms with E-state index in [0.717, 1.165) is 39.3 Å². The summed E-state index contributed by atoms with van der Waals surface area (Å²) in [6, 6.07) is 8.50. The highest BCUT2D eigenvalue weighted by Crippen LogP contribution is 2.21. The molecular formula is C20H32N4O. The molecule has 5 nitrogen and oxygen atoms in total. The molecule has 0 spiro atoms. The Morgan fingerprint density at radius 1 is 1.08 bits per heavy atom. The Hall–Kier alpha value is -1.59. The standard InChI is InChI=1S/C20H32N4O/c1-17-7-3-4-8-19(17)24-15-13-23(14-16-24)18(2)20(25)21-9-12-22-10-5-6-11-22/h3-4,7-8,18H,5-6,9-16H2,1-2H3,(H,21,25)/t18-/m1/s1. The first-order valence-electron chi connectivity index (χ1n) is 9.70. The first-order chi connectivity index (χ1) is 12.1. The molecule has 1 aromatic carbocycles. The number of amides is 1. The monoisotopic (exact) mass is 344 g/mol. The number of carbonyl (C=O) groups is 1. The number of para-hydroxylation sites is 1. The third-order valence-corrected chi connectivity index (χ3v) is 5.62. The Bertz CT molecular complexity index is 563. The van der Waals surface area contributed by atoms with Crippen molar-refractivity contribution in [1.29, 1.82) is 0 Å². The predicted octanol–water partition coefficient (Wildman–Crippen LogP) is 1.72. The molecule has 0 unspecified atom stereocenters. The summed E-state index contributed by atoms with van der Waals surface area (Å²) in [5.41, 5.74) is 2.65. The number of nitrogens with one attached hydrogen (secondary N) is 1. The van der Waals surface area contributed by atoms with Gasteiger partial charge in [0.25, 0.3) is 0 Å². The van der Waals surface area contributed by atoms with Gasteiger partial charge in [0.15, 0.2) is 0 Å². The number of rotatable bonds is 6. The van der Waals surface area contributed by atoms with E-state index in [1.807, 2.05) is 6.92 Å². The number of anilines is 1. The second-order valence-electron chi connectivity index (χ2n) is 7.33. The minimum atomic E-state index is -0.0439. The van der Waals surface area contributed by atoms with Crippen LogP contribution in [-0.4, -0.2) is 74.1 Å². The predicted molar refractivity (Wildman–Crippen MR) is 103 cm³/mol. The lowest BCUT2D eigenvalue weighted by Crippen LogP contribution is -2.54. The molecule has 2 saturated heterocycles. The molecule has 1 aromatic rings. The van der Waals surface area contributed by atoms with E-state index in [1.165, 1.54) is 37.2 Å². The van der Waals surface area contributed by atoms with Gasteiger partial charge in [-0.1, -0.05) is 18.2 Å². The number of aryl methyl sites for hydroxylation is 1. The topological polar surface area (TPSA) is 38.8 Å². The van der Waals surface area contributed by atoms with Gasteiger partial charge in [-0.3, -0.25) is 9.69 Å². The number of piperazine rings is 1. The molecule has 138 valence electrons. The molecule has 0 saturated carbocycles. The molecule has 0 radical (unpaired) electrons. The van der Waals surface area contributed by atoms with E-state index >= 15 is 0 Å². The summed E-state index contributed by atoms with van der Waals surface area (Å²) in [6.45, 7) is 12.2. The number of carbonyl (C=O) groups excluding carboxylic acids is 1. The molecule has 0 bridgehead atoms. The summed E-state index contributed by atoms with van der Waals surface area (Å²) < 4.78 is 0. The highest BCUT2D eigenvalue weighted by molar-refractivity contribution is 5.81. The van der Waals surface area contributed by atoms with Crippen molar-refractivity contribution in [2.24, 2.45) is 0 Å². The van der Waals surface area contributed by atoms with Crippen LogP contribution in [0.3, 0.4) is 0 Å². The van der Waals surface area contributed by atoms with Gasteiger partial charge in [0, 0.05) is 45.0 Å². The summed E-state index contributed by atoms with van der Waals surface area (Å²) >= 11 is 0. The van der Waals surface area contributed by atoms with E-state index < -0.39 is 0 Å². The first kappa shape index (κ1) is 18.2. The van der Waals surface area contributed by atoms with Crippen LogP contribution in [0.5, 0.6) is 0 Å². The van der Waals surface area contributed by atoms with Crippen LogP contribution in [0.25, 0.3) is 0 Å². The van der Waals surface area contributed by atoms with Crippen LogP contribution in [-0.2, 0) is 4.79 Å². The zero-order valence-electron chi connectivity index (χ0n) is 15.7. The van der Waals surface area contributed by atoms with E-state index in [9.17, 15) is 4.79 Å². The van der Waals surface area contributed by atoms with Crippen LogP contribution in [0.2, 0.25) is 0 Å². The summed E-state index contributed by atoms with van der Waals surface area (Å²) in [5.74, 6) is 0.170. The Kier molecular flexibility index (Phi) is 6.32. The molecule has 2 aliphatic rings. The highest BCUT2D eigenvalue weighted by Gasteiger charge is 2.26. The highest BCUT2D eigenvalue weighted by atomic mass is 16.2. The van der Waals surface area contributed by atoms with Crippen LogP contribution in [0, 0.1) is 6.92 Å². The summed E-state index contributed by atoms with van der Waals surface area (Å²) in [5, 5.41) is 3.12. The van der Waals surface area contributed by atoms with Gasteiger partial charge in [-0.05, 0) is 51.4 Å². The molecule has 2 fully saturated rings. The van der Waals surface area contributed by atoms with Gasteiger partial charge in [-0.15, -0.1) is 0 Å². The van der Waals surface area contributed by atoms with E-state index in [1.54, 1.807) is 0 Å². The Morgan fingerprint density at radius 2 is 1.76 bits per heavy atom. The number of hydrogen-bond acceptors (Lipinski definition) is 4. The largest absolute Gasteiger partial charge is 0.369 e. The van der Waals surface area contributed by atoms with Crippen molar-refractivity contribution in [3.63, 3.8) is 0 Å². The lowest BCUT2D eigenvalue weighted by molar-refractivity contribution is -0.126. The molecule has 0 aliphatic carbocycles.